The summed E-state index contributed by atoms with van der Waals surface area (Å²) in [4.78, 5) is 18.0. The molecule has 1 aliphatic heterocycles. The molecular formula is C18H20N2O3. The van der Waals surface area contributed by atoms with Crippen LogP contribution in [0.1, 0.15) is 12.0 Å². The van der Waals surface area contributed by atoms with Crippen molar-refractivity contribution in [1.82, 2.24) is 9.88 Å². The Bertz CT molecular complexity index is 643. The van der Waals surface area contributed by atoms with Crippen molar-refractivity contribution in [1.29, 1.82) is 0 Å². The van der Waals surface area contributed by atoms with E-state index in [9.17, 15) is 4.79 Å². The molecule has 23 heavy (non-hydrogen) atoms. The first-order valence-corrected chi connectivity index (χ1v) is 7.74. The number of benzene rings is 1. The first-order valence-electron chi connectivity index (χ1n) is 7.74. The van der Waals surface area contributed by atoms with Crippen LogP contribution in [0.25, 0.3) is 0 Å². The Hall–Kier alpha value is -2.56. The average molecular weight is 312 g/mol. The van der Waals surface area contributed by atoms with Crippen molar-refractivity contribution in [3.63, 3.8) is 0 Å². The van der Waals surface area contributed by atoms with E-state index in [2.05, 4.69) is 4.98 Å². The number of nitrogens with zero attached hydrogens (tertiary/aromatic N) is 2. The first kappa shape index (κ1) is 15.3. The van der Waals surface area contributed by atoms with Gasteiger partial charge in [-0.1, -0.05) is 17.7 Å². The zero-order valence-electron chi connectivity index (χ0n) is 13.1. The number of ether oxygens (including phenoxy) is 2. The van der Waals surface area contributed by atoms with E-state index in [0.29, 0.717) is 18.8 Å². The highest BCUT2D eigenvalue weighted by atomic mass is 16.5. The van der Waals surface area contributed by atoms with Crippen LogP contribution in [-0.2, 0) is 4.79 Å². The molecule has 1 amide bonds. The summed E-state index contributed by atoms with van der Waals surface area (Å²) in [5.74, 6) is 1.44. The third-order valence-corrected chi connectivity index (χ3v) is 3.82. The largest absolute Gasteiger partial charge is 0.487 e. The zero-order chi connectivity index (χ0) is 16.1. The van der Waals surface area contributed by atoms with Gasteiger partial charge in [0, 0.05) is 19.2 Å². The molecule has 1 aromatic heterocycles. The third kappa shape index (κ3) is 4.22. The van der Waals surface area contributed by atoms with Crippen LogP contribution in [0, 0.1) is 6.92 Å². The minimum absolute atomic E-state index is 0.0112. The summed E-state index contributed by atoms with van der Waals surface area (Å²) in [5.41, 5.74) is 1.17. The molecule has 2 heterocycles. The van der Waals surface area contributed by atoms with Gasteiger partial charge in [-0.2, -0.15) is 0 Å². The van der Waals surface area contributed by atoms with Gasteiger partial charge < -0.3 is 14.4 Å². The average Bonchev–Trinajstić information content (AvgIpc) is 3.03. The highest BCUT2D eigenvalue weighted by molar-refractivity contribution is 5.78. The van der Waals surface area contributed by atoms with Crippen LogP contribution in [0.4, 0.5) is 0 Å². The molecule has 5 heteroatoms. The zero-order valence-corrected chi connectivity index (χ0v) is 13.1. The highest BCUT2D eigenvalue weighted by Crippen LogP contribution is 2.18. The lowest BCUT2D eigenvalue weighted by Crippen LogP contribution is -2.34. The maximum absolute atomic E-state index is 12.2. The summed E-state index contributed by atoms with van der Waals surface area (Å²) in [6.07, 6.45) is 4.23. The second-order valence-corrected chi connectivity index (χ2v) is 5.66. The summed E-state index contributed by atoms with van der Waals surface area (Å²) in [5, 5.41) is 0. The predicted octanol–water partition coefficient (Wildman–Crippen LogP) is 2.45. The number of hydrogen-bond acceptors (Lipinski definition) is 4. The second kappa shape index (κ2) is 7.13. The molecule has 0 spiro atoms. The van der Waals surface area contributed by atoms with Crippen molar-refractivity contribution in [2.24, 2.45) is 0 Å². The minimum atomic E-state index is -0.0112. The summed E-state index contributed by atoms with van der Waals surface area (Å²) < 4.78 is 11.4. The fourth-order valence-electron chi connectivity index (χ4n) is 2.53. The van der Waals surface area contributed by atoms with Crippen LogP contribution in [0.5, 0.6) is 11.5 Å². The van der Waals surface area contributed by atoms with Gasteiger partial charge in [0.05, 0.1) is 12.7 Å². The molecule has 0 unspecified atom stereocenters. The number of carbonyl (C=O) groups is 1. The number of aryl methyl sites for hydroxylation is 1. The number of hydrogen-bond donors (Lipinski definition) is 0. The SMILES string of the molecule is Cc1ccc(OCC(=O)N2CC[C@H](Oc3cccnc3)C2)cc1. The first-order chi connectivity index (χ1) is 11.2. The molecule has 1 atom stereocenters. The van der Waals surface area contributed by atoms with Crippen LogP contribution in [0.15, 0.2) is 48.8 Å². The van der Waals surface area contributed by atoms with Crippen molar-refractivity contribution in [3.05, 3.63) is 54.4 Å². The van der Waals surface area contributed by atoms with Crippen LogP contribution < -0.4 is 9.47 Å². The predicted molar refractivity (Wildman–Crippen MR) is 86.5 cm³/mol. The van der Waals surface area contributed by atoms with Crippen molar-refractivity contribution >= 4 is 5.91 Å². The maximum atomic E-state index is 12.2. The Balaban J connectivity index is 1.46. The number of carbonyl (C=O) groups excluding carboxylic acids is 1. The highest BCUT2D eigenvalue weighted by Gasteiger charge is 2.27. The Kier molecular flexibility index (Phi) is 4.76. The molecule has 0 N–H and O–H groups in total. The molecule has 1 aromatic carbocycles. The van der Waals surface area contributed by atoms with Crippen LogP contribution in [0.2, 0.25) is 0 Å². The molecule has 1 saturated heterocycles. The quantitative estimate of drug-likeness (QED) is 0.851. The molecule has 1 fully saturated rings. The standard InChI is InChI=1S/C18H20N2O3/c1-14-4-6-15(7-5-14)22-13-18(21)20-10-8-17(12-20)23-16-3-2-9-19-11-16/h2-7,9,11,17H,8,10,12-13H2,1H3/t17-/m0/s1. The normalized spacial score (nSPS) is 17.1. The van der Waals surface area contributed by atoms with E-state index < -0.39 is 0 Å². The Morgan fingerprint density at radius 2 is 2.09 bits per heavy atom. The fourth-order valence-corrected chi connectivity index (χ4v) is 2.53. The van der Waals surface area contributed by atoms with Gasteiger partial charge in [-0.15, -0.1) is 0 Å². The van der Waals surface area contributed by atoms with Crippen molar-refractivity contribution in [2.75, 3.05) is 19.7 Å². The Morgan fingerprint density at radius 1 is 1.26 bits per heavy atom. The van der Waals surface area contributed by atoms with Gasteiger partial charge in [0.25, 0.3) is 5.91 Å². The van der Waals surface area contributed by atoms with Crippen molar-refractivity contribution < 1.29 is 14.3 Å². The lowest BCUT2D eigenvalue weighted by Gasteiger charge is -2.17. The van der Waals surface area contributed by atoms with Crippen molar-refractivity contribution in [2.45, 2.75) is 19.4 Å². The fraction of sp³-hybridized carbons (Fsp3) is 0.333. The smallest absolute Gasteiger partial charge is 0.260 e. The number of likely N-dealkylation sites (tertiary alicyclic amines) is 1. The van der Waals surface area contributed by atoms with Crippen LogP contribution in [0.3, 0.4) is 0 Å². The number of rotatable bonds is 5. The summed E-state index contributed by atoms with van der Waals surface area (Å²) in [6, 6.07) is 11.4. The molecular weight excluding hydrogens is 292 g/mol. The van der Waals surface area contributed by atoms with Gasteiger partial charge in [0.2, 0.25) is 0 Å². The monoisotopic (exact) mass is 312 g/mol. The van der Waals surface area contributed by atoms with E-state index >= 15 is 0 Å². The van der Waals surface area contributed by atoms with E-state index in [0.717, 1.165) is 12.2 Å². The number of aromatic nitrogens is 1. The van der Waals surface area contributed by atoms with E-state index in [4.69, 9.17) is 9.47 Å². The molecule has 0 bridgehead atoms. The Morgan fingerprint density at radius 3 is 2.83 bits per heavy atom. The summed E-state index contributed by atoms with van der Waals surface area (Å²) in [7, 11) is 0. The van der Waals surface area contributed by atoms with Gasteiger partial charge in [0.1, 0.15) is 17.6 Å². The second-order valence-electron chi connectivity index (χ2n) is 5.66. The third-order valence-electron chi connectivity index (χ3n) is 3.82. The van der Waals surface area contributed by atoms with Gasteiger partial charge in [-0.3, -0.25) is 9.78 Å². The number of amides is 1. The van der Waals surface area contributed by atoms with E-state index in [-0.39, 0.29) is 18.6 Å². The molecule has 0 saturated carbocycles. The lowest BCUT2D eigenvalue weighted by molar-refractivity contribution is -0.132. The van der Waals surface area contributed by atoms with Crippen LogP contribution in [-0.4, -0.2) is 41.6 Å². The van der Waals surface area contributed by atoms with Crippen molar-refractivity contribution in [3.8, 4) is 11.5 Å². The van der Waals surface area contributed by atoms with E-state index in [1.54, 1.807) is 17.3 Å². The molecule has 5 nitrogen and oxygen atoms in total. The molecule has 0 radical (unpaired) electrons. The molecule has 3 rings (SSSR count). The van der Waals surface area contributed by atoms with Gasteiger partial charge in [-0.05, 0) is 31.2 Å². The van der Waals surface area contributed by atoms with Gasteiger partial charge in [0.15, 0.2) is 6.61 Å². The topological polar surface area (TPSA) is 51.7 Å². The molecule has 120 valence electrons. The van der Waals surface area contributed by atoms with E-state index in [1.165, 1.54) is 5.56 Å². The maximum Gasteiger partial charge on any atom is 0.260 e. The molecule has 1 aliphatic rings. The van der Waals surface area contributed by atoms with Gasteiger partial charge >= 0.3 is 0 Å². The Labute approximate surface area is 135 Å². The molecule has 2 aromatic rings. The lowest BCUT2D eigenvalue weighted by atomic mass is 10.2. The number of pyridine rings is 1. The van der Waals surface area contributed by atoms with Gasteiger partial charge in [-0.25, -0.2) is 0 Å². The van der Waals surface area contributed by atoms with Crippen LogP contribution >= 0.6 is 0 Å². The van der Waals surface area contributed by atoms with E-state index in [1.807, 2.05) is 43.3 Å². The minimum Gasteiger partial charge on any atom is -0.487 e. The summed E-state index contributed by atoms with van der Waals surface area (Å²) in [6.45, 7) is 3.36. The summed E-state index contributed by atoms with van der Waals surface area (Å²) >= 11 is 0. The molecule has 0 aliphatic carbocycles.